The number of nitrogens with two attached hydrogens (primary N) is 1. The zero-order valence-electron chi connectivity index (χ0n) is 12.4. The number of benzene rings is 1. The minimum Gasteiger partial charge on any atom is -0.376 e. The van der Waals surface area contributed by atoms with Gasteiger partial charge in [0.1, 0.15) is 12.2 Å². The predicted molar refractivity (Wildman–Crippen MR) is 84.2 cm³/mol. The smallest absolute Gasteiger partial charge is 0.189 e. The van der Waals surface area contributed by atoms with Crippen molar-refractivity contribution in [3.05, 3.63) is 42.2 Å². The van der Waals surface area contributed by atoms with Crippen molar-refractivity contribution in [2.45, 2.75) is 25.5 Å². The van der Waals surface area contributed by atoms with Gasteiger partial charge in [0.05, 0.1) is 6.10 Å². The molecule has 1 aliphatic rings. The maximum atomic E-state index is 5.84. The lowest BCUT2D eigenvalue weighted by atomic mass is 10.1. The van der Waals surface area contributed by atoms with Crippen molar-refractivity contribution in [1.29, 1.82) is 0 Å². The Labute approximate surface area is 129 Å². The summed E-state index contributed by atoms with van der Waals surface area (Å²) in [5, 5.41) is 7.12. The molecule has 116 valence electrons. The van der Waals surface area contributed by atoms with Gasteiger partial charge in [-0.05, 0) is 12.8 Å². The minimum absolute atomic E-state index is 0.240. The first-order valence-corrected chi connectivity index (χ1v) is 7.47. The molecule has 1 unspecified atom stereocenters. The summed E-state index contributed by atoms with van der Waals surface area (Å²) in [4.78, 5) is 4.26. The van der Waals surface area contributed by atoms with Gasteiger partial charge in [0.15, 0.2) is 11.7 Å². The summed E-state index contributed by atoms with van der Waals surface area (Å²) in [6.07, 6.45) is 2.43. The van der Waals surface area contributed by atoms with Crippen LogP contribution in [0.4, 0.5) is 0 Å². The molecule has 0 bridgehead atoms. The Balaban J connectivity index is 1.52. The fourth-order valence-electron chi connectivity index (χ4n) is 2.38. The minimum atomic E-state index is 0.240. The molecule has 3 rings (SSSR count). The van der Waals surface area contributed by atoms with Gasteiger partial charge in [-0.25, -0.2) is 4.99 Å². The molecule has 1 atom stereocenters. The van der Waals surface area contributed by atoms with Crippen molar-refractivity contribution in [3.8, 4) is 11.3 Å². The third-order valence-corrected chi connectivity index (χ3v) is 3.57. The molecule has 1 fully saturated rings. The second-order valence-corrected chi connectivity index (χ2v) is 5.26. The maximum Gasteiger partial charge on any atom is 0.189 e. The van der Waals surface area contributed by atoms with E-state index in [9.17, 15) is 0 Å². The average Bonchev–Trinajstić information content (AvgIpc) is 3.23. The lowest BCUT2D eigenvalue weighted by Crippen LogP contribution is -2.37. The maximum absolute atomic E-state index is 5.84. The van der Waals surface area contributed by atoms with Crippen molar-refractivity contribution in [3.63, 3.8) is 0 Å². The van der Waals surface area contributed by atoms with E-state index in [0.717, 1.165) is 30.7 Å². The van der Waals surface area contributed by atoms with Crippen LogP contribution in [-0.4, -0.2) is 30.4 Å². The normalized spacial score (nSPS) is 18.5. The van der Waals surface area contributed by atoms with Crippen LogP contribution in [0.15, 0.2) is 45.9 Å². The van der Waals surface area contributed by atoms with Crippen molar-refractivity contribution < 1.29 is 9.26 Å². The molecular formula is C16H20N4O2. The van der Waals surface area contributed by atoms with Gasteiger partial charge in [-0.2, -0.15) is 0 Å². The quantitative estimate of drug-likeness (QED) is 0.651. The number of hydrogen-bond donors (Lipinski definition) is 2. The molecule has 2 heterocycles. The van der Waals surface area contributed by atoms with Gasteiger partial charge in [-0.3, -0.25) is 0 Å². The standard InChI is InChI=1S/C16H20N4O2/c17-16(18-10-13-7-4-8-21-13)19-11-14-9-15(20-22-14)12-5-2-1-3-6-12/h1-3,5-6,9,13H,4,7-8,10-11H2,(H3,17,18,19). The van der Waals surface area contributed by atoms with Gasteiger partial charge < -0.3 is 20.3 Å². The van der Waals surface area contributed by atoms with Crippen molar-refractivity contribution >= 4 is 5.96 Å². The lowest BCUT2D eigenvalue weighted by molar-refractivity contribution is 0.114. The van der Waals surface area contributed by atoms with Gasteiger partial charge in [-0.15, -0.1) is 0 Å². The van der Waals surface area contributed by atoms with E-state index in [1.165, 1.54) is 0 Å². The van der Waals surface area contributed by atoms with Crippen LogP contribution >= 0.6 is 0 Å². The highest BCUT2D eigenvalue weighted by atomic mass is 16.5. The van der Waals surface area contributed by atoms with Crippen molar-refractivity contribution in [2.75, 3.05) is 13.2 Å². The zero-order chi connectivity index (χ0) is 15.2. The molecule has 6 heteroatoms. The molecular weight excluding hydrogens is 280 g/mol. The van der Waals surface area contributed by atoms with E-state index >= 15 is 0 Å². The van der Waals surface area contributed by atoms with Gasteiger partial charge in [0.25, 0.3) is 0 Å². The SMILES string of the molecule is NC(=NCc1cc(-c2ccccc2)no1)NCC1CCCO1. The number of ether oxygens (including phenoxy) is 1. The molecule has 2 aromatic rings. The monoisotopic (exact) mass is 300 g/mol. The molecule has 22 heavy (non-hydrogen) atoms. The van der Waals surface area contributed by atoms with Gasteiger partial charge in [0, 0.05) is 24.8 Å². The number of hydrogen-bond acceptors (Lipinski definition) is 4. The van der Waals surface area contributed by atoms with Crippen LogP contribution in [-0.2, 0) is 11.3 Å². The zero-order valence-corrected chi connectivity index (χ0v) is 12.4. The van der Waals surface area contributed by atoms with Crippen LogP contribution in [0, 0.1) is 0 Å². The molecule has 0 spiro atoms. The Kier molecular flexibility index (Phi) is 4.70. The van der Waals surface area contributed by atoms with Crippen LogP contribution in [0.5, 0.6) is 0 Å². The van der Waals surface area contributed by atoms with E-state index in [4.69, 9.17) is 15.0 Å². The summed E-state index contributed by atoms with van der Waals surface area (Å²) in [5.41, 5.74) is 7.66. The molecule has 1 aliphatic heterocycles. The van der Waals surface area contributed by atoms with E-state index in [1.54, 1.807) is 0 Å². The van der Waals surface area contributed by atoms with Crippen molar-refractivity contribution in [1.82, 2.24) is 10.5 Å². The van der Waals surface area contributed by atoms with E-state index < -0.39 is 0 Å². The van der Waals surface area contributed by atoms with E-state index in [2.05, 4.69) is 15.5 Å². The summed E-state index contributed by atoms with van der Waals surface area (Å²) in [6, 6.07) is 11.8. The molecule has 0 radical (unpaired) electrons. The predicted octanol–water partition coefficient (Wildman–Crippen LogP) is 1.92. The highest BCUT2D eigenvalue weighted by Crippen LogP contribution is 2.18. The summed E-state index contributed by atoms with van der Waals surface area (Å²) in [5.74, 6) is 1.08. The lowest BCUT2D eigenvalue weighted by Gasteiger charge is -2.10. The van der Waals surface area contributed by atoms with Crippen LogP contribution in [0.3, 0.4) is 0 Å². The molecule has 1 saturated heterocycles. The molecule has 0 aliphatic carbocycles. The summed E-state index contributed by atoms with van der Waals surface area (Å²) < 4.78 is 10.8. The second kappa shape index (κ2) is 7.09. The first kappa shape index (κ1) is 14.6. The topological polar surface area (TPSA) is 85.7 Å². The van der Waals surface area contributed by atoms with Crippen LogP contribution < -0.4 is 11.1 Å². The van der Waals surface area contributed by atoms with Gasteiger partial charge in [0.2, 0.25) is 0 Å². The van der Waals surface area contributed by atoms with E-state index in [0.29, 0.717) is 24.8 Å². The largest absolute Gasteiger partial charge is 0.376 e. The molecule has 1 aromatic carbocycles. The first-order valence-electron chi connectivity index (χ1n) is 7.47. The Bertz CT molecular complexity index is 618. The first-order chi connectivity index (χ1) is 10.8. The van der Waals surface area contributed by atoms with Crippen LogP contribution in [0.1, 0.15) is 18.6 Å². The number of nitrogens with one attached hydrogen (secondary N) is 1. The van der Waals surface area contributed by atoms with E-state index in [1.807, 2.05) is 36.4 Å². The Morgan fingerprint density at radius 1 is 1.36 bits per heavy atom. The number of rotatable bonds is 5. The van der Waals surface area contributed by atoms with Crippen molar-refractivity contribution in [2.24, 2.45) is 10.7 Å². The molecule has 0 saturated carbocycles. The van der Waals surface area contributed by atoms with Crippen LogP contribution in [0.2, 0.25) is 0 Å². The average molecular weight is 300 g/mol. The molecule has 0 amide bonds. The van der Waals surface area contributed by atoms with E-state index in [-0.39, 0.29) is 6.10 Å². The fourth-order valence-corrected chi connectivity index (χ4v) is 2.38. The highest BCUT2D eigenvalue weighted by molar-refractivity contribution is 5.77. The Morgan fingerprint density at radius 2 is 2.23 bits per heavy atom. The van der Waals surface area contributed by atoms with Crippen LogP contribution in [0.25, 0.3) is 11.3 Å². The summed E-state index contributed by atoms with van der Waals surface area (Å²) in [7, 11) is 0. The number of aliphatic imine (C=N–C) groups is 1. The Morgan fingerprint density at radius 3 is 3.00 bits per heavy atom. The number of aromatic nitrogens is 1. The number of guanidine groups is 1. The molecule has 1 aromatic heterocycles. The molecule has 3 N–H and O–H groups in total. The summed E-state index contributed by atoms with van der Waals surface area (Å²) >= 11 is 0. The third kappa shape index (κ3) is 3.85. The van der Waals surface area contributed by atoms with Gasteiger partial charge in [-0.1, -0.05) is 35.5 Å². The highest BCUT2D eigenvalue weighted by Gasteiger charge is 2.15. The Hall–Kier alpha value is -2.34. The fraction of sp³-hybridized carbons (Fsp3) is 0.375. The third-order valence-electron chi connectivity index (χ3n) is 3.57. The number of nitrogens with zero attached hydrogens (tertiary/aromatic N) is 2. The van der Waals surface area contributed by atoms with Gasteiger partial charge >= 0.3 is 0 Å². The molecule has 6 nitrogen and oxygen atoms in total. The second-order valence-electron chi connectivity index (χ2n) is 5.26. The summed E-state index contributed by atoms with van der Waals surface area (Å²) in [6.45, 7) is 1.90.